The maximum atomic E-state index is 12.4. The van der Waals surface area contributed by atoms with Crippen LogP contribution in [0.1, 0.15) is 22.3 Å². The molecule has 1 aromatic heterocycles. The Bertz CT molecular complexity index is 970. The first kappa shape index (κ1) is 19.1. The monoisotopic (exact) mass is 375 g/mol. The number of pyridine rings is 1. The van der Waals surface area contributed by atoms with Crippen molar-refractivity contribution in [2.45, 2.75) is 12.8 Å². The van der Waals surface area contributed by atoms with Gasteiger partial charge in [-0.25, -0.2) is 0 Å². The van der Waals surface area contributed by atoms with Crippen LogP contribution in [0.25, 0.3) is 11.1 Å². The summed E-state index contributed by atoms with van der Waals surface area (Å²) in [5.41, 5.74) is 10.5. The molecule has 0 saturated carbocycles. The summed E-state index contributed by atoms with van der Waals surface area (Å²) in [7, 11) is 1.39. The maximum absolute atomic E-state index is 12.4. The lowest BCUT2D eigenvalue weighted by Gasteiger charge is -2.11. The minimum atomic E-state index is -0.268. The topological polar surface area (TPSA) is 94.3 Å². The van der Waals surface area contributed by atoms with Gasteiger partial charge in [0.25, 0.3) is 5.91 Å². The number of nitrogens with zero attached hydrogens (tertiary/aromatic N) is 1. The Hall–Kier alpha value is -3.67. The van der Waals surface area contributed by atoms with Gasteiger partial charge in [0, 0.05) is 18.8 Å². The third-order valence-corrected chi connectivity index (χ3v) is 4.36. The van der Waals surface area contributed by atoms with Crippen molar-refractivity contribution in [3.8, 4) is 11.1 Å². The predicted octanol–water partition coefficient (Wildman–Crippen LogP) is 3.69. The molecule has 0 atom stereocenters. The number of carbonyl (C=O) groups is 2. The Morgan fingerprint density at radius 1 is 1.07 bits per heavy atom. The Morgan fingerprint density at radius 2 is 1.82 bits per heavy atom. The number of aryl methyl sites for hydroxylation is 1. The van der Waals surface area contributed by atoms with Crippen LogP contribution in [0.15, 0.2) is 67.0 Å². The van der Waals surface area contributed by atoms with Crippen LogP contribution in [0.5, 0.6) is 0 Å². The number of anilines is 2. The molecule has 3 N–H and O–H groups in total. The molecule has 0 bridgehead atoms. The van der Waals surface area contributed by atoms with Crippen molar-refractivity contribution in [1.29, 1.82) is 0 Å². The van der Waals surface area contributed by atoms with Crippen molar-refractivity contribution in [3.05, 3.63) is 78.1 Å². The average molecular weight is 375 g/mol. The fraction of sp³-hybridized carbons (Fsp3) is 0.136. The second kappa shape index (κ2) is 8.81. The number of carbonyl (C=O) groups excluding carboxylic acids is 2. The van der Waals surface area contributed by atoms with Crippen LogP contribution in [-0.4, -0.2) is 24.0 Å². The van der Waals surface area contributed by atoms with Gasteiger partial charge >= 0.3 is 5.97 Å². The lowest BCUT2D eigenvalue weighted by atomic mass is 10.0. The zero-order valence-electron chi connectivity index (χ0n) is 15.5. The Kier molecular flexibility index (Phi) is 6.01. The standard InChI is InChI=1S/C22H21N3O3/c1-28-21(26)11-6-15-4-7-16(8-5-15)17-9-10-19(23)20(13-17)25-22(27)18-3-2-12-24-14-18/h2-5,7-10,12-14H,6,11,23H2,1H3,(H,25,27). The highest BCUT2D eigenvalue weighted by Crippen LogP contribution is 2.28. The largest absolute Gasteiger partial charge is 0.469 e. The van der Waals surface area contributed by atoms with Gasteiger partial charge in [0.1, 0.15) is 0 Å². The van der Waals surface area contributed by atoms with Crippen molar-refractivity contribution in [3.63, 3.8) is 0 Å². The van der Waals surface area contributed by atoms with Crippen LogP contribution in [0.2, 0.25) is 0 Å². The molecule has 0 aliphatic heterocycles. The van der Waals surface area contributed by atoms with Gasteiger partial charge in [-0.3, -0.25) is 14.6 Å². The number of nitrogen functional groups attached to an aromatic ring is 1. The van der Waals surface area contributed by atoms with Gasteiger partial charge in [0.2, 0.25) is 0 Å². The summed E-state index contributed by atoms with van der Waals surface area (Å²) >= 11 is 0. The van der Waals surface area contributed by atoms with Gasteiger partial charge in [0.15, 0.2) is 0 Å². The highest BCUT2D eigenvalue weighted by atomic mass is 16.5. The fourth-order valence-corrected chi connectivity index (χ4v) is 2.75. The number of benzene rings is 2. The van der Waals surface area contributed by atoms with Crippen molar-refractivity contribution >= 4 is 23.3 Å². The summed E-state index contributed by atoms with van der Waals surface area (Å²) in [6, 6.07) is 16.8. The summed E-state index contributed by atoms with van der Waals surface area (Å²) in [6.07, 6.45) is 4.09. The van der Waals surface area contributed by atoms with E-state index in [1.165, 1.54) is 13.3 Å². The second-order valence-electron chi connectivity index (χ2n) is 6.27. The van der Waals surface area contributed by atoms with E-state index in [9.17, 15) is 9.59 Å². The SMILES string of the molecule is COC(=O)CCc1ccc(-c2ccc(N)c(NC(=O)c3cccnc3)c2)cc1. The van der Waals surface area contributed by atoms with Crippen molar-refractivity contribution < 1.29 is 14.3 Å². The molecular formula is C22H21N3O3. The molecule has 0 spiro atoms. The molecule has 3 rings (SSSR count). The van der Waals surface area contributed by atoms with Crippen LogP contribution in [-0.2, 0) is 16.0 Å². The van der Waals surface area contributed by atoms with Crippen molar-refractivity contribution in [1.82, 2.24) is 4.98 Å². The summed E-state index contributed by atoms with van der Waals surface area (Å²) in [4.78, 5) is 27.6. The molecule has 0 fully saturated rings. The maximum Gasteiger partial charge on any atom is 0.305 e. The molecule has 0 aliphatic rings. The highest BCUT2D eigenvalue weighted by Gasteiger charge is 2.10. The first-order valence-electron chi connectivity index (χ1n) is 8.84. The Labute approximate surface area is 163 Å². The van der Waals surface area contributed by atoms with Crippen molar-refractivity contribution in [2.75, 3.05) is 18.2 Å². The van der Waals surface area contributed by atoms with Gasteiger partial charge in [-0.2, -0.15) is 0 Å². The number of nitrogens with one attached hydrogen (secondary N) is 1. The summed E-state index contributed by atoms with van der Waals surface area (Å²) in [6.45, 7) is 0. The minimum Gasteiger partial charge on any atom is -0.469 e. The number of hydrogen-bond acceptors (Lipinski definition) is 5. The van der Waals surface area contributed by atoms with Crippen LogP contribution in [0.4, 0.5) is 11.4 Å². The first-order valence-corrected chi connectivity index (χ1v) is 8.84. The number of aromatic nitrogens is 1. The molecule has 142 valence electrons. The van der Waals surface area contributed by atoms with Crippen LogP contribution in [0, 0.1) is 0 Å². The normalized spacial score (nSPS) is 10.3. The lowest BCUT2D eigenvalue weighted by Crippen LogP contribution is -2.13. The van der Waals surface area contributed by atoms with E-state index in [1.807, 2.05) is 36.4 Å². The minimum absolute atomic E-state index is 0.225. The Morgan fingerprint density at radius 3 is 2.50 bits per heavy atom. The number of hydrogen-bond donors (Lipinski definition) is 2. The van der Waals surface area contributed by atoms with E-state index < -0.39 is 0 Å². The number of esters is 1. The van der Waals surface area contributed by atoms with Crippen LogP contribution in [0.3, 0.4) is 0 Å². The molecule has 0 unspecified atom stereocenters. The third-order valence-electron chi connectivity index (χ3n) is 4.36. The molecule has 3 aromatic rings. The highest BCUT2D eigenvalue weighted by molar-refractivity contribution is 6.05. The smallest absolute Gasteiger partial charge is 0.305 e. The molecule has 1 amide bonds. The number of nitrogens with two attached hydrogens (primary N) is 1. The van der Waals surface area contributed by atoms with E-state index in [0.29, 0.717) is 29.8 Å². The zero-order valence-corrected chi connectivity index (χ0v) is 15.5. The molecule has 0 saturated heterocycles. The quantitative estimate of drug-likeness (QED) is 0.506. The molecule has 28 heavy (non-hydrogen) atoms. The molecule has 0 radical (unpaired) electrons. The number of methoxy groups -OCH3 is 1. The molecule has 0 aliphatic carbocycles. The third kappa shape index (κ3) is 4.73. The molecular weight excluding hydrogens is 354 g/mol. The summed E-state index contributed by atoms with van der Waals surface area (Å²) in [5.74, 6) is -0.494. The van der Waals surface area contributed by atoms with E-state index in [0.717, 1.165) is 16.7 Å². The fourth-order valence-electron chi connectivity index (χ4n) is 2.75. The molecule has 6 nitrogen and oxygen atoms in total. The summed E-state index contributed by atoms with van der Waals surface area (Å²) in [5, 5.41) is 2.83. The molecule has 6 heteroatoms. The van der Waals surface area contributed by atoms with Gasteiger partial charge < -0.3 is 15.8 Å². The van der Waals surface area contributed by atoms with E-state index >= 15 is 0 Å². The average Bonchev–Trinajstić information content (AvgIpc) is 2.74. The lowest BCUT2D eigenvalue weighted by molar-refractivity contribution is -0.140. The van der Waals surface area contributed by atoms with Gasteiger partial charge in [-0.15, -0.1) is 0 Å². The first-order chi connectivity index (χ1) is 13.6. The van der Waals surface area contributed by atoms with Crippen LogP contribution >= 0.6 is 0 Å². The van der Waals surface area contributed by atoms with E-state index in [1.54, 1.807) is 24.4 Å². The van der Waals surface area contributed by atoms with Gasteiger partial charge in [0.05, 0.1) is 24.0 Å². The number of ether oxygens (including phenoxy) is 1. The number of rotatable bonds is 6. The predicted molar refractivity (Wildman–Crippen MR) is 109 cm³/mol. The van der Waals surface area contributed by atoms with Gasteiger partial charge in [-0.1, -0.05) is 30.3 Å². The second-order valence-corrected chi connectivity index (χ2v) is 6.27. The zero-order chi connectivity index (χ0) is 19.9. The molecule has 2 aromatic carbocycles. The van der Waals surface area contributed by atoms with Crippen LogP contribution < -0.4 is 11.1 Å². The van der Waals surface area contributed by atoms with E-state index in [2.05, 4.69) is 15.0 Å². The van der Waals surface area contributed by atoms with E-state index in [-0.39, 0.29) is 11.9 Å². The Balaban J connectivity index is 1.75. The number of amides is 1. The van der Waals surface area contributed by atoms with Crippen molar-refractivity contribution in [2.24, 2.45) is 0 Å². The van der Waals surface area contributed by atoms with E-state index in [4.69, 9.17) is 5.73 Å². The summed E-state index contributed by atoms with van der Waals surface area (Å²) < 4.78 is 4.66. The van der Waals surface area contributed by atoms with Gasteiger partial charge in [-0.05, 0) is 47.4 Å². The molecule has 1 heterocycles.